The van der Waals surface area contributed by atoms with E-state index in [9.17, 15) is 8.78 Å². The molecule has 0 radical (unpaired) electrons. The number of nitrogen functional groups attached to an aromatic ring is 1. The van der Waals surface area contributed by atoms with E-state index in [4.69, 9.17) is 26.5 Å². The van der Waals surface area contributed by atoms with Crippen LogP contribution in [0.1, 0.15) is 12.8 Å². The number of methoxy groups -OCH3 is 1. The van der Waals surface area contributed by atoms with Crippen LogP contribution in [0.5, 0.6) is 6.01 Å². The van der Waals surface area contributed by atoms with Crippen LogP contribution in [-0.2, 0) is 0 Å². The average molecular weight is 564 g/mol. The largest absolute Gasteiger partial charge is 0.467 e. The Morgan fingerprint density at radius 3 is 2.62 bits per heavy atom. The highest BCUT2D eigenvalue weighted by Gasteiger charge is 2.35. The van der Waals surface area contributed by atoms with Crippen LogP contribution in [0.25, 0.3) is 33.1 Å². The third kappa shape index (κ3) is 5.68. The molecule has 2 aromatic heterocycles. The topological polar surface area (TPSA) is 106 Å². The van der Waals surface area contributed by atoms with Crippen molar-refractivity contribution in [2.75, 3.05) is 64.1 Å². The molecular weight excluding hydrogens is 535 g/mol. The van der Waals surface area contributed by atoms with E-state index in [0.717, 1.165) is 0 Å². The van der Waals surface area contributed by atoms with Crippen molar-refractivity contribution in [3.63, 3.8) is 0 Å². The number of para-hydroxylation sites is 1. The van der Waals surface area contributed by atoms with E-state index in [-0.39, 0.29) is 51.5 Å². The summed E-state index contributed by atoms with van der Waals surface area (Å²) < 4.78 is 55.1. The fraction of sp³-hybridized carbons (Fsp3) is 0.423. The molecule has 39 heavy (non-hydrogen) atoms. The van der Waals surface area contributed by atoms with Gasteiger partial charge < -0.3 is 30.0 Å². The Kier molecular flexibility index (Phi) is 7.70. The first-order valence-corrected chi connectivity index (χ1v) is 13.0. The second-order valence-corrected chi connectivity index (χ2v) is 10.1. The molecular formula is C26H29ClF3N7O2. The van der Waals surface area contributed by atoms with Crippen LogP contribution in [0.2, 0.25) is 5.02 Å². The number of likely N-dealkylation sites (tertiary alicyclic amines) is 1. The van der Waals surface area contributed by atoms with Crippen LogP contribution in [0.4, 0.5) is 25.0 Å². The van der Waals surface area contributed by atoms with Gasteiger partial charge in [0.05, 0.1) is 25.2 Å². The van der Waals surface area contributed by atoms with Gasteiger partial charge in [0.1, 0.15) is 16.9 Å². The van der Waals surface area contributed by atoms with E-state index < -0.39 is 24.8 Å². The quantitative estimate of drug-likeness (QED) is 0.370. The summed E-state index contributed by atoms with van der Waals surface area (Å²) in [5, 5.41) is 2.90. The zero-order valence-corrected chi connectivity index (χ0v) is 22.4. The van der Waals surface area contributed by atoms with E-state index in [0.29, 0.717) is 17.6 Å². The Morgan fingerprint density at radius 2 is 1.92 bits per heavy atom. The molecule has 9 nitrogen and oxygen atoms in total. The molecule has 208 valence electrons. The summed E-state index contributed by atoms with van der Waals surface area (Å²) in [5.74, 6) is -3.68. The molecule has 0 bridgehead atoms. The van der Waals surface area contributed by atoms with Gasteiger partial charge in [0, 0.05) is 29.6 Å². The number of nitrogens with one attached hydrogen (secondary N) is 1. The molecule has 0 saturated carbocycles. The van der Waals surface area contributed by atoms with Crippen molar-refractivity contribution in [1.82, 2.24) is 25.2 Å². The highest BCUT2D eigenvalue weighted by Crippen LogP contribution is 2.41. The average Bonchev–Trinajstić information content (AvgIpc) is 3.49. The van der Waals surface area contributed by atoms with Gasteiger partial charge in [0.2, 0.25) is 0 Å². The Bertz CT molecular complexity index is 1490. The van der Waals surface area contributed by atoms with Gasteiger partial charge in [0.25, 0.3) is 11.9 Å². The molecule has 2 aliphatic rings. The molecule has 0 amide bonds. The third-order valence-corrected chi connectivity index (χ3v) is 7.02. The van der Waals surface area contributed by atoms with Crippen LogP contribution in [-0.4, -0.2) is 79.2 Å². The predicted octanol–water partition coefficient (Wildman–Crippen LogP) is 4.58. The Labute approximate surface area is 228 Å². The van der Waals surface area contributed by atoms with Gasteiger partial charge in [-0.3, -0.25) is 0 Å². The fourth-order valence-electron chi connectivity index (χ4n) is 4.86. The molecule has 2 saturated heterocycles. The number of aromatic nitrogens is 3. The van der Waals surface area contributed by atoms with Crippen LogP contribution < -0.4 is 20.7 Å². The van der Waals surface area contributed by atoms with E-state index in [1.165, 1.54) is 44.0 Å². The maximum atomic E-state index is 15.9. The number of halogens is 4. The number of alkyl halides is 2. The maximum Gasteiger partial charge on any atom is 0.318 e. The summed E-state index contributed by atoms with van der Waals surface area (Å²) in [4.78, 5) is 16.2. The van der Waals surface area contributed by atoms with Gasteiger partial charge in [0.15, 0.2) is 11.4 Å². The molecule has 0 spiro atoms. The number of benzene rings is 2. The van der Waals surface area contributed by atoms with Crippen molar-refractivity contribution in [2.24, 2.45) is 0 Å². The molecule has 13 heteroatoms. The summed E-state index contributed by atoms with van der Waals surface area (Å²) in [5.41, 5.74) is 6.57. The second-order valence-electron chi connectivity index (χ2n) is 9.65. The minimum absolute atomic E-state index is 0.0143. The van der Waals surface area contributed by atoms with Crippen LogP contribution in [0.15, 0.2) is 28.7 Å². The summed E-state index contributed by atoms with van der Waals surface area (Å²) in [6.07, 6.45) is 2.83. The van der Waals surface area contributed by atoms with Crippen molar-refractivity contribution < 1.29 is 22.3 Å². The third-order valence-electron chi connectivity index (χ3n) is 6.72. The van der Waals surface area contributed by atoms with Crippen molar-refractivity contribution in [3.05, 3.63) is 35.1 Å². The van der Waals surface area contributed by atoms with Crippen LogP contribution >= 0.6 is 11.6 Å². The Balaban J connectivity index is 0.000000455. The number of anilines is 2. The van der Waals surface area contributed by atoms with E-state index in [1.54, 1.807) is 18.2 Å². The lowest BCUT2D eigenvalue weighted by atomic mass is 10.0. The Morgan fingerprint density at radius 1 is 1.15 bits per heavy atom. The number of ether oxygens (including phenoxy) is 1. The molecule has 2 fully saturated rings. The van der Waals surface area contributed by atoms with Crippen molar-refractivity contribution in [3.8, 4) is 17.1 Å². The smallest absolute Gasteiger partial charge is 0.318 e. The summed E-state index contributed by atoms with van der Waals surface area (Å²) in [7, 11) is 3.49. The van der Waals surface area contributed by atoms with Gasteiger partial charge in [-0.05, 0) is 45.1 Å². The number of nitrogens with two attached hydrogens (primary N) is 1. The molecule has 4 heterocycles. The van der Waals surface area contributed by atoms with Gasteiger partial charge in [-0.15, -0.1) is 0 Å². The van der Waals surface area contributed by atoms with E-state index in [2.05, 4.69) is 32.2 Å². The van der Waals surface area contributed by atoms with Crippen LogP contribution in [0.3, 0.4) is 0 Å². The highest BCUT2D eigenvalue weighted by molar-refractivity contribution is 6.34. The molecule has 4 aromatic rings. The first-order valence-electron chi connectivity index (χ1n) is 12.6. The zero-order valence-electron chi connectivity index (χ0n) is 21.6. The first-order chi connectivity index (χ1) is 18.7. The lowest BCUT2D eigenvalue weighted by molar-refractivity contribution is 0.0156. The molecule has 0 atom stereocenters. The maximum absolute atomic E-state index is 15.9. The lowest BCUT2D eigenvalue weighted by Crippen LogP contribution is -2.39. The van der Waals surface area contributed by atoms with Crippen molar-refractivity contribution in [2.45, 2.75) is 18.8 Å². The summed E-state index contributed by atoms with van der Waals surface area (Å²) in [6.45, 7) is 2.09. The minimum Gasteiger partial charge on any atom is -0.467 e. The number of hydrogen-bond donors (Lipinski definition) is 2. The molecule has 3 N–H and O–H groups in total. The van der Waals surface area contributed by atoms with Gasteiger partial charge in [-0.2, -0.15) is 15.0 Å². The molecule has 0 unspecified atom stereocenters. The van der Waals surface area contributed by atoms with Gasteiger partial charge in [-0.1, -0.05) is 23.7 Å². The van der Waals surface area contributed by atoms with Crippen molar-refractivity contribution >= 4 is 45.4 Å². The number of oxazole rings is 1. The normalized spacial score (nSPS) is 17.7. The number of fused-ring (bicyclic) bond motifs is 2. The number of nitrogens with zero attached hydrogens (tertiary/aromatic N) is 5. The highest BCUT2D eigenvalue weighted by atomic mass is 35.5. The molecule has 2 aliphatic heterocycles. The van der Waals surface area contributed by atoms with Crippen molar-refractivity contribution in [1.29, 1.82) is 0 Å². The first kappa shape index (κ1) is 27.2. The number of rotatable bonds is 3. The predicted molar refractivity (Wildman–Crippen MR) is 145 cm³/mol. The summed E-state index contributed by atoms with van der Waals surface area (Å²) >= 11 is 6.52. The summed E-state index contributed by atoms with van der Waals surface area (Å²) in [6, 6.07) is 6.17. The van der Waals surface area contributed by atoms with E-state index >= 15 is 4.39 Å². The zero-order chi connectivity index (χ0) is 27.7. The standard InChI is InChI=1S/C21H18ClF3N6O2.C5H11N/c1-32-20-29-16-11(18(30-20)31-6-5-27-8-21(24,25)9-31)7-12(22)14(15(16)23)10-3-2-4-13-17(10)33-19(26)28-13;1-6-4-2-3-5-6/h2-4,7,27H,5-6,8-9H2,1H3,(H2,26,28);2-5H2,1H3. The molecule has 0 aliphatic carbocycles. The minimum atomic E-state index is -3.01. The molecule has 2 aromatic carbocycles. The van der Waals surface area contributed by atoms with Crippen LogP contribution in [0, 0.1) is 5.82 Å². The SMILES string of the molecule is CN1CCCC1.COc1nc(N2CCNCC(F)(F)C2)c2cc(Cl)c(-c3cccc4nc(N)oc34)c(F)c2n1. The van der Waals surface area contributed by atoms with Gasteiger partial charge in [-0.25, -0.2) is 13.2 Å². The van der Waals surface area contributed by atoms with E-state index in [1.807, 2.05) is 0 Å². The Hall–Kier alpha value is -3.35. The monoisotopic (exact) mass is 563 g/mol. The second kappa shape index (κ2) is 11.0. The number of hydrogen-bond acceptors (Lipinski definition) is 9. The fourth-order valence-corrected chi connectivity index (χ4v) is 5.15. The van der Waals surface area contributed by atoms with Gasteiger partial charge >= 0.3 is 6.01 Å². The lowest BCUT2D eigenvalue weighted by Gasteiger charge is -2.26. The molecule has 6 rings (SSSR count).